The number of methoxy groups -OCH3 is 1. The molecule has 0 aliphatic carbocycles. The number of carbonyl (C=O) groups excluding carboxylic acids is 1. The highest BCUT2D eigenvalue weighted by Gasteiger charge is 2.18. The maximum Gasteiger partial charge on any atom is 0.255 e. The Morgan fingerprint density at radius 3 is 2.23 bits per heavy atom. The van der Waals surface area contributed by atoms with Crippen LogP contribution in [0.25, 0.3) is 0 Å². The second kappa shape index (κ2) is 8.44. The van der Waals surface area contributed by atoms with Crippen LogP contribution in [0.15, 0.2) is 66.3 Å². The van der Waals surface area contributed by atoms with Gasteiger partial charge in [0.2, 0.25) is 0 Å². The smallest absolute Gasteiger partial charge is 0.255 e. The number of ether oxygens (including phenoxy) is 1. The van der Waals surface area contributed by atoms with Gasteiger partial charge in [-0.1, -0.05) is 23.9 Å². The monoisotopic (exact) mass is 366 g/mol. The molecule has 26 heavy (non-hydrogen) atoms. The molecule has 0 saturated heterocycles. The molecule has 1 atom stereocenters. The van der Waals surface area contributed by atoms with Crippen LogP contribution in [0.1, 0.15) is 27.5 Å². The number of hydrogen-bond donors (Lipinski definition) is 1. The molecule has 3 aromatic rings. The summed E-state index contributed by atoms with van der Waals surface area (Å²) in [5.74, 6) is 0.518. The number of rotatable bonds is 6. The summed E-state index contributed by atoms with van der Waals surface area (Å²) in [7, 11) is 1.62. The molecule has 0 radical (unpaired) electrons. The molecule has 2 heterocycles. The second-order valence-electron chi connectivity index (χ2n) is 5.42. The zero-order valence-electron chi connectivity index (χ0n) is 14.4. The molecule has 0 unspecified atom stereocenters. The predicted molar refractivity (Wildman–Crippen MR) is 100 cm³/mol. The van der Waals surface area contributed by atoms with Crippen molar-refractivity contribution in [2.75, 3.05) is 13.4 Å². The van der Waals surface area contributed by atoms with Gasteiger partial charge >= 0.3 is 0 Å². The van der Waals surface area contributed by atoms with Gasteiger partial charge in [0, 0.05) is 24.8 Å². The fourth-order valence-corrected chi connectivity index (χ4v) is 2.78. The highest BCUT2D eigenvalue weighted by atomic mass is 32.2. The molecule has 0 aliphatic rings. The van der Waals surface area contributed by atoms with Gasteiger partial charge < -0.3 is 10.1 Å². The van der Waals surface area contributed by atoms with Crippen LogP contribution >= 0.6 is 11.8 Å². The number of nitrogens with zero attached hydrogens (tertiary/aromatic N) is 3. The Balaban J connectivity index is 1.88. The fraction of sp³-hybridized carbons (Fsp3) is 0.158. The first-order valence-corrected chi connectivity index (χ1v) is 9.14. The quantitative estimate of drug-likeness (QED) is 0.533. The lowest BCUT2D eigenvalue weighted by atomic mass is 9.99. The molecule has 0 saturated carbocycles. The number of thioether (sulfide) groups is 1. The van der Waals surface area contributed by atoms with Crippen molar-refractivity contribution < 1.29 is 9.53 Å². The van der Waals surface area contributed by atoms with Crippen molar-refractivity contribution in [3.63, 3.8) is 0 Å². The lowest BCUT2D eigenvalue weighted by Crippen LogP contribution is -2.29. The van der Waals surface area contributed by atoms with Crippen LogP contribution in [-0.2, 0) is 0 Å². The minimum absolute atomic E-state index is 0.240. The minimum atomic E-state index is -0.323. The highest BCUT2D eigenvalue weighted by Crippen LogP contribution is 2.24. The number of hydrogen-bond acceptors (Lipinski definition) is 6. The summed E-state index contributed by atoms with van der Waals surface area (Å²) in [5.41, 5.74) is 2.28. The van der Waals surface area contributed by atoms with Gasteiger partial charge in [0.15, 0.2) is 5.16 Å². The van der Waals surface area contributed by atoms with E-state index in [0.29, 0.717) is 10.7 Å². The van der Waals surface area contributed by atoms with Crippen LogP contribution in [0.2, 0.25) is 0 Å². The Hall–Kier alpha value is -2.93. The Kier molecular flexibility index (Phi) is 5.80. The van der Waals surface area contributed by atoms with Gasteiger partial charge in [0.05, 0.1) is 18.7 Å². The number of aromatic nitrogens is 3. The number of pyridine rings is 1. The van der Waals surface area contributed by atoms with Crippen LogP contribution in [-0.4, -0.2) is 34.2 Å². The summed E-state index contributed by atoms with van der Waals surface area (Å²) >= 11 is 1.43. The second-order valence-corrected chi connectivity index (χ2v) is 6.19. The van der Waals surface area contributed by atoms with Crippen molar-refractivity contribution >= 4 is 17.7 Å². The summed E-state index contributed by atoms with van der Waals surface area (Å²) in [6, 6.07) is 11.0. The van der Waals surface area contributed by atoms with Crippen LogP contribution in [0, 0.1) is 0 Å². The van der Waals surface area contributed by atoms with Crippen molar-refractivity contribution in [3.8, 4) is 5.75 Å². The van der Waals surface area contributed by atoms with Crippen molar-refractivity contribution in [1.82, 2.24) is 20.3 Å². The van der Waals surface area contributed by atoms with Gasteiger partial charge in [0.25, 0.3) is 5.91 Å². The lowest BCUT2D eigenvalue weighted by Gasteiger charge is -2.20. The SMILES string of the molecule is COc1ccc([C@@H](NC(=O)c2cnc(SC)nc2)c2ccncc2)cc1. The third-order valence-electron chi connectivity index (χ3n) is 3.84. The summed E-state index contributed by atoms with van der Waals surface area (Å²) in [6.07, 6.45) is 8.36. The van der Waals surface area contributed by atoms with E-state index >= 15 is 0 Å². The van der Waals surface area contributed by atoms with Gasteiger partial charge in [-0.25, -0.2) is 9.97 Å². The summed E-state index contributed by atoms with van der Waals surface area (Å²) in [5, 5.41) is 3.67. The Bertz CT molecular complexity index is 855. The molecular weight excluding hydrogens is 348 g/mol. The largest absolute Gasteiger partial charge is 0.497 e. The zero-order valence-corrected chi connectivity index (χ0v) is 15.2. The van der Waals surface area contributed by atoms with E-state index in [1.807, 2.05) is 42.7 Å². The average Bonchev–Trinajstić information content (AvgIpc) is 2.72. The average molecular weight is 366 g/mol. The van der Waals surface area contributed by atoms with Gasteiger partial charge in [-0.15, -0.1) is 0 Å². The first-order valence-electron chi connectivity index (χ1n) is 7.92. The molecule has 6 nitrogen and oxygen atoms in total. The molecule has 0 fully saturated rings. The van der Waals surface area contributed by atoms with Crippen LogP contribution < -0.4 is 10.1 Å². The van der Waals surface area contributed by atoms with Gasteiger partial charge in [-0.05, 0) is 41.6 Å². The van der Waals surface area contributed by atoms with Gasteiger partial charge in [-0.3, -0.25) is 9.78 Å². The molecule has 132 valence electrons. The Morgan fingerprint density at radius 2 is 1.65 bits per heavy atom. The van der Waals surface area contributed by atoms with Crippen LogP contribution in [0.4, 0.5) is 0 Å². The van der Waals surface area contributed by atoms with Crippen molar-refractivity contribution in [3.05, 3.63) is 77.9 Å². The van der Waals surface area contributed by atoms with E-state index in [1.54, 1.807) is 19.5 Å². The van der Waals surface area contributed by atoms with Gasteiger partial charge in [-0.2, -0.15) is 0 Å². The topological polar surface area (TPSA) is 77.0 Å². The van der Waals surface area contributed by atoms with Crippen molar-refractivity contribution in [1.29, 1.82) is 0 Å². The molecule has 7 heteroatoms. The first-order chi connectivity index (χ1) is 12.7. The molecule has 0 bridgehead atoms. The molecule has 1 amide bonds. The predicted octanol–water partition coefficient (Wildman–Crippen LogP) is 3.12. The summed E-state index contributed by atoms with van der Waals surface area (Å²) < 4.78 is 5.21. The number of carbonyl (C=O) groups is 1. The highest BCUT2D eigenvalue weighted by molar-refractivity contribution is 7.98. The molecule has 0 spiro atoms. The summed E-state index contributed by atoms with van der Waals surface area (Å²) in [4.78, 5) is 25.1. The Morgan fingerprint density at radius 1 is 1.04 bits per heavy atom. The molecule has 3 rings (SSSR count). The van der Waals surface area contributed by atoms with E-state index < -0.39 is 0 Å². The van der Waals surface area contributed by atoms with E-state index in [0.717, 1.165) is 16.9 Å². The van der Waals surface area contributed by atoms with E-state index in [-0.39, 0.29) is 11.9 Å². The zero-order chi connectivity index (χ0) is 18.4. The van der Waals surface area contributed by atoms with E-state index in [9.17, 15) is 4.79 Å². The number of amides is 1. The number of benzene rings is 1. The molecule has 1 aromatic carbocycles. The van der Waals surface area contributed by atoms with Crippen molar-refractivity contribution in [2.45, 2.75) is 11.2 Å². The van der Waals surface area contributed by atoms with E-state index in [1.165, 1.54) is 24.2 Å². The maximum absolute atomic E-state index is 12.7. The van der Waals surface area contributed by atoms with E-state index in [2.05, 4.69) is 20.3 Å². The fourth-order valence-electron chi connectivity index (χ4n) is 2.46. The normalized spacial score (nSPS) is 11.6. The standard InChI is InChI=1S/C19H18N4O2S/c1-25-16-5-3-13(4-6-16)17(14-7-9-20-10-8-14)23-18(24)15-11-21-19(26-2)22-12-15/h3-12,17H,1-2H3,(H,23,24)/t17-/m1/s1. The van der Waals surface area contributed by atoms with Gasteiger partial charge in [0.1, 0.15) is 5.75 Å². The Labute approximate surface area is 156 Å². The third kappa shape index (κ3) is 4.18. The van der Waals surface area contributed by atoms with Crippen LogP contribution in [0.5, 0.6) is 5.75 Å². The maximum atomic E-state index is 12.7. The van der Waals surface area contributed by atoms with Crippen LogP contribution in [0.3, 0.4) is 0 Å². The van der Waals surface area contributed by atoms with Crippen molar-refractivity contribution in [2.24, 2.45) is 0 Å². The molecule has 1 N–H and O–H groups in total. The third-order valence-corrected chi connectivity index (χ3v) is 4.41. The first kappa shape index (κ1) is 17.9. The lowest BCUT2D eigenvalue weighted by molar-refractivity contribution is 0.0942. The number of nitrogens with one attached hydrogen (secondary N) is 1. The molecule has 2 aromatic heterocycles. The van der Waals surface area contributed by atoms with E-state index in [4.69, 9.17) is 4.74 Å². The molecular formula is C19H18N4O2S. The molecule has 0 aliphatic heterocycles. The summed E-state index contributed by atoms with van der Waals surface area (Å²) in [6.45, 7) is 0. The minimum Gasteiger partial charge on any atom is -0.497 e.